The van der Waals surface area contributed by atoms with Crippen LogP contribution in [0.25, 0.3) is 0 Å². The zero-order chi connectivity index (χ0) is 34.7. The topological polar surface area (TPSA) is 164 Å². The molecular weight excluding hydrogens is 621 g/mol. The largest absolute Gasteiger partial charge is 0.554 e. The second-order valence-electron chi connectivity index (χ2n) is 12.0. The van der Waals surface area contributed by atoms with E-state index in [-0.39, 0.29) is 35.1 Å². The zero-order valence-corrected chi connectivity index (χ0v) is 26.2. The first-order valence-corrected chi connectivity index (χ1v) is 14.7. The average molecular weight is 657 g/mol. The highest BCUT2D eigenvalue weighted by atomic mass is 19.4. The van der Waals surface area contributed by atoms with Crippen molar-refractivity contribution in [2.45, 2.75) is 63.5 Å². The van der Waals surface area contributed by atoms with Crippen LogP contribution in [0.3, 0.4) is 0 Å². The number of ether oxygens (including phenoxy) is 1. The number of hydrogen-bond acceptors (Lipinski definition) is 9. The molecule has 1 fully saturated rings. The molecule has 1 aliphatic heterocycles. The van der Waals surface area contributed by atoms with Crippen molar-refractivity contribution in [3.63, 3.8) is 0 Å². The van der Waals surface area contributed by atoms with Gasteiger partial charge in [0, 0.05) is 36.3 Å². The highest BCUT2D eigenvalue weighted by Crippen LogP contribution is 2.44. The molecule has 47 heavy (non-hydrogen) atoms. The van der Waals surface area contributed by atoms with Crippen molar-refractivity contribution in [2.75, 3.05) is 26.1 Å². The first-order chi connectivity index (χ1) is 22.2. The summed E-state index contributed by atoms with van der Waals surface area (Å²) in [5.41, 5.74) is 0.403. The number of nitriles is 1. The summed E-state index contributed by atoms with van der Waals surface area (Å²) >= 11 is 0. The number of esters is 1. The fourth-order valence-corrected chi connectivity index (χ4v) is 6.48. The second-order valence-corrected chi connectivity index (χ2v) is 12.0. The number of halogens is 3. The predicted octanol–water partition coefficient (Wildman–Crippen LogP) is 2.90. The van der Waals surface area contributed by atoms with E-state index < -0.39 is 35.9 Å². The van der Waals surface area contributed by atoms with E-state index >= 15 is 0 Å². The summed E-state index contributed by atoms with van der Waals surface area (Å²) in [5, 5.41) is 34.6. The number of rotatable bonds is 6. The third kappa shape index (κ3) is 7.08. The maximum Gasteiger partial charge on any atom is 0.416 e. The minimum atomic E-state index is -4.62. The van der Waals surface area contributed by atoms with E-state index in [2.05, 4.69) is 30.4 Å². The van der Waals surface area contributed by atoms with Crippen LogP contribution in [0.4, 0.5) is 24.8 Å². The molecule has 5 rings (SSSR count). The van der Waals surface area contributed by atoms with E-state index in [1.54, 1.807) is 25.1 Å². The number of methoxy groups -OCH3 is 1. The maximum atomic E-state index is 13.7. The molecular formula is C32H35F3N6O6. The monoisotopic (exact) mass is 656 g/mol. The molecule has 2 heterocycles. The molecule has 2 N–H and O–H groups in total. The first-order valence-electron chi connectivity index (χ1n) is 14.7. The Labute approximate surface area is 268 Å². The first kappa shape index (κ1) is 34.9. The molecule has 12 nitrogen and oxygen atoms in total. The van der Waals surface area contributed by atoms with Gasteiger partial charge in [0.05, 0.1) is 56.1 Å². The predicted molar refractivity (Wildman–Crippen MR) is 161 cm³/mol. The standard InChI is InChI=1S/C31H33F3N6O4.CH2O2/c1-18-26(28(42)44-4)27(39-29(36-37-30(39)43)38(18)22-7-5-6-21(15-22)31(32,33)34)25-13-8-19(16-35)14-20(25)17-40(2,3)23-9-11-24(41)12-10-23;2-1-3/h5-8,13-15,23-24,27,41H,9-12,17H2,1-4H3;1H,(H,2,3). The molecule has 0 radical (unpaired) electrons. The third-order valence-corrected chi connectivity index (χ3v) is 8.78. The molecule has 0 bridgehead atoms. The number of fused-ring (bicyclic) bond motifs is 1. The highest BCUT2D eigenvalue weighted by Gasteiger charge is 2.42. The SMILES string of the molecule is COC(=O)C1=C(C)N(c2cccc(C(F)(F)F)c2)c2n[nH]c(=O)n2C1c1ccc(C#N)cc1C[N+](C)(C)C1CCC(O)CC1.O=C[O-]. The van der Waals surface area contributed by atoms with E-state index in [0.717, 1.165) is 25.0 Å². The van der Waals surface area contributed by atoms with Gasteiger partial charge in [-0.05, 0) is 55.7 Å². The van der Waals surface area contributed by atoms with E-state index in [4.69, 9.17) is 14.6 Å². The van der Waals surface area contributed by atoms with Gasteiger partial charge in [0.1, 0.15) is 12.6 Å². The number of hydrogen-bond donors (Lipinski definition) is 2. The van der Waals surface area contributed by atoms with Gasteiger partial charge in [-0.1, -0.05) is 12.1 Å². The van der Waals surface area contributed by atoms with Crippen LogP contribution in [0.15, 0.2) is 58.5 Å². The van der Waals surface area contributed by atoms with Crippen LogP contribution in [-0.2, 0) is 27.0 Å². The van der Waals surface area contributed by atoms with Gasteiger partial charge >= 0.3 is 17.8 Å². The van der Waals surface area contributed by atoms with Gasteiger partial charge in [-0.2, -0.15) is 18.4 Å². The Balaban J connectivity index is 0.00000160. The lowest BCUT2D eigenvalue weighted by Gasteiger charge is -2.42. The van der Waals surface area contributed by atoms with E-state index in [9.17, 15) is 33.1 Å². The van der Waals surface area contributed by atoms with Crippen LogP contribution < -0.4 is 15.7 Å². The van der Waals surface area contributed by atoms with Crippen LogP contribution in [0.5, 0.6) is 0 Å². The Hall–Kier alpha value is -4.94. The maximum absolute atomic E-state index is 13.7. The number of quaternary nitrogens is 1. The van der Waals surface area contributed by atoms with Crippen molar-refractivity contribution in [2.24, 2.45) is 0 Å². The number of alkyl halides is 3. The Morgan fingerprint density at radius 2 is 1.87 bits per heavy atom. The van der Waals surface area contributed by atoms with Crippen molar-refractivity contribution in [1.29, 1.82) is 5.26 Å². The fourth-order valence-electron chi connectivity index (χ4n) is 6.48. The lowest BCUT2D eigenvalue weighted by Crippen LogP contribution is -2.50. The summed E-state index contributed by atoms with van der Waals surface area (Å²) in [7, 11) is 5.33. The molecule has 250 valence electrons. The molecule has 1 atom stereocenters. The van der Waals surface area contributed by atoms with Crippen molar-refractivity contribution < 1.29 is 42.2 Å². The number of aromatic amines is 1. The van der Waals surface area contributed by atoms with E-state index in [1.165, 1.54) is 28.7 Å². The van der Waals surface area contributed by atoms with Gasteiger partial charge < -0.3 is 24.2 Å². The Bertz CT molecular complexity index is 1770. The van der Waals surface area contributed by atoms with Gasteiger partial charge in [-0.25, -0.2) is 19.3 Å². The number of aliphatic hydroxyl groups is 1. The van der Waals surface area contributed by atoms with Crippen LogP contribution in [0.2, 0.25) is 0 Å². The van der Waals surface area contributed by atoms with Gasteiger partial charge in [-0.3, -0.25) is 4.90 Å². The van der Waals surface area contributed by atoms with Gasteiger partial charge in [0.15, 0.2) is 0 Å². The molecule has 1 saturated carbocycles. The average Bonchev–Trinajstić information content (AvgIpc) is 3.40. The number of H-pyrrole nitrogens is 1. The van der Waals surface area contributed by atoms with Crippen molar-refractivity contribution in [3.8, 4) is 6.07 Å². The van der Waals surface area contributed by atoms with Crippen molar-refractivity contribution in [3.05, 3.63) is 86.5 Å². The molecule has 2 aromatic carbocycles. The summed E-state index contributed by atoms with van der Waals surface area (Å²) in [6, 6.07) is 10.9. The van der Waals surface area contributed by atoms with Gasteiger partial charge in [-0.15, -0.1) is 5.10 Å². The number of aliphatic hydroxyl groups excluding tert-OH is 1. The lowest BCUT2D eigenvalue weighted by atomic mass is 9.88. The van der Waals surface area contributed by atoms with Crippen molar-refractivity contribution >= 4 is 24.1 Å². The van der Waals surface area contributed by atoms with Crippen LogP contribution in [-0.4, -0.2) is 70.1 Å². The summed E-state index contributed by atoms with van der Waals surface area (Å²) < 4.78 is 47.9. The third-order valence-electron chi connectivity index (χ3n) is 8.78. The van der Waals surface area contributed by atoms with Crippen LogP contribution in [0.1, 0.15) is 60.9 Å². The molecule has 0 amide bonds. The molecule has 1 aromatic heterocycles. The molecule has 1 unspecified atom stereocenters. The quantitative estimate of drug-likeness (QED) is 0.231. The lowest BCUT2D eigenvalue weighted by molar-refractivity contribution is -0.929. The Morgan fingerprint density at radius 3 is 2.47 bits per heavy atom. The number of carbonyl (C=O) groups excluding carboxylic acids is 2. The van der Waals surface area contributed by atoms with Crippen LogP contribution >= 0.6 is 0 Å². The molecule has 1 aliphatic carbocycles. The van der Waals surface area contributed by atoms with E-state index in [0.29, 0.717) is 40.6 Å². The minimum Gasteiger partial charge on any atom is -0.554 e. The smallest absolute Gasteiger partial charge is 0.416 e. The van der Waals surface area contributed by atoms with Gasteiger partial charge in [0.2, 0.25) is 5.95 Å². The normalized spacial score (nSPS) is 19.6. The highest BCUT2D eigenvalue weighted by molar-refractivity contribution is 5.93. The fraction of sp³-hybridized carbons (Fsp3) is 0.406. The zero-order valence-electron chi connectivity index (χ0n) is 26.2. The molecule has 15 heteroatoms. The summed E-state index contributed by atoms with van der Waals surface area (Å²) in [6.07, 6.45) is -1.95. The van der Waals surface area contributed by atoms with E-state index in [1.807, 2.05) is 0 Å². The minimum absolute atomic E-state index is 0.00481. The van der Waals surface area contributed by atoms with Crippen LogP contribution in [0, 0.1) is 11.3 Å². The number of benzene rings is 2. The second kappa shape index (κ2) is 13.8. The number of carboxylic acid groups (broad SMARTS) is 1. The Morgan fingerprint density at radius 1 is 1.21 bits per heavy atom. The van der Waals surface area contributed by atoms with Gasteiger partial charge in [0.25, 0.3) is 0 Å². The summed E-state index contributed by atoms with van der Waals surface area (Å²) in [5.74, 6) is -0.775. The molecule has 0 spiro atoms. The number of allylic oxidation sites excluding steroid dienone is 1. The number of nitrogens with one attached hydrogen (secondary N) is 1. The number of nitrogens with zero attached hydrogens (tertiary/aromatic N) is 5. The molecule has 3 aromatic rings. The summed E-state index contributed by atoms with van der Waals surface area (Å²) in [6.45, 7) is 1.51. The summed E-state index contributed by atoms with van der Waals surface area (Å²) in [4.78, 5) is 36.5. The Kier molecular flexibility index (Phi) is 10.3. The molecule has 2 aliphatic rings. The number of carbonyl (C=O) groups is 2. The van der Waals surface area contributed by atoms with Crippen molar-refractivity contribution in [1.82, 2.24) is 14.8 Å². The molecule has 0 saturated heterocycles. The number of aromatic nitrogens is 3. The number of anilines is 2.